The average molecular weight is 364 g/mol. The summed E-state index contributed by atoms with van der Waals surface area (Å²) in [5.41, 5.74) is 3.16. The highest BCUT2D eigenvalue weighted by Crippen LogP contribution is 2.06. The molecule has 0 heterocycles. The van der Waals surface area contributed by atoms with Crippen LogP contribution < -0.4 is 0 Å². The van der Waals surface area contributed by atoms with E-state index >= 15 is 0 Å². The first kappa shape index (κ1) is 23.3. The molecule has 27 heavy (non-hydrogen) atoms. The van der Waals surface area contributed by atoms with E-state index in [1.165, 1.54) is 5.56 Å². The number of carbonyl (C=O) groups is 2. The fourth-order valence-corrected chi connectivity index (χ4v) is 1.65. The Labute approximate surface area is 160 Å². The maximum atomic E-state index is 10.2. The number of allylic oxidation sites excluding steroid dienone is 2. The van der Waals surface area contributed by atoms with Crippen LogP contribution in [0.25, 0.3) is 12.2 Å². The third kappa shape index (κ3) is 14.4. The Balaban J connectivity index is 0.000000437. The second-order valence-corrected chi connectivity index (χ2v) is 5.13. The molecule has 0 aromatic heterocycles. The molecule has 0 bridgehead atoms. The smallest absolute Gasteiger partial charge is 0.328 e. The van der Waals surface area contributed by atoms with Gasteiger partial charge in [0.1, 0.15) is 0 Å². The fraction of sp³-hybridized carbons (Fsp3) is 0.0435. The van der Waals surface area contributed by atoms with Gasteiger partial charge in [-0.1, -0.05) is 97.6 Å². The van der Waals surface area contributed by atoms with Crippen LogP contribution in [0.5, 0.6) is 0 Å². The molecule has 0 amide bonds. The SMILES string of the molecule is C=CC(=O)O.C=Cc1ccccc1.CC(C=CC(=O)O)=Cc1ccccc1. The van der Waals surface area contributed by atoms with E-state index in [1.54, 1.807) is 6.08 Å². The van der Waals surface area contributed by atoms with Crippen LogP contribution in [0, 0.1) is 0 Å². The molecule has 0 aliphatic carbocycles. The van der Waals surface area contributed by atoms with Crippen LogP contribution in [0.3, 0.4) is 0 Å². The summed E-state index contributed by atoms with van der Waals surface area (Å²) < 4.78 is 0. The van der Waals surface area contributed by atoms with Crippen LogP contribution in [-0.4, -0.2) is 22.2 Å². The summed E-state index contributed by atoms with van der Waals surface area (Å²) in [6.45, 7) is 8.46. The highest BCUT2D eigenvalue weighted by atomic mass is 16.4. The summed E-state index contributed by atoms with van der Waals surface area (Å²) >= 11 is 0. The number of rotatable bonds is 5. The maximum Gasteiger partial charge on any atom is 0.328 e. The number of benzene rings is 2. The molecule has 0 spiro atoms. The topological polar surface area (TPSA) is 74.6 Å². The Morgan fingerprint density at radius 3 is 1.56 bits per heavy atom. The lowest BCUT2D eigenvalue weighted by Crippen LogP contribution is -1.85. The van der Waals surface area contributed by atoms with Crippen molar-refractivity contribution in [2.45, 2.75) is 6.92 Å². The third-order valence-corrected chi connectivity index (χ3v) is 2.89. The largest absolute Gasteiger partial charge is 0.478 e. The van der Waals surface area contributed by atoms with Crippen molar-refractivity contribution < 1.29 is 19.8 Å². The quantitative estimate of drug-likeness (QED) is 0.556. The molecule has 0 saturated carbocycles. The van der Waals surface area contributed by atoms with Crippen molar-refractivity contribution in [3.8, 4) is 0 Å². The van der Waals surface area contributed by atoms with E-state index in [4.69, 9.17) is 10.2 Å². The normalized spacial score (nSPS) is 9.89. The van der Waals surface area contributed by atoms with Gasteiger partial charge in [-0.15, -0.1) is 0 Å². The minimum Gasteiger partial charge on any atom is -0.478 e. The molecule has 140 valence electrons. The second kappa shape index (κ2) is 14.7. The Kier molecular flexibility index (Phi) is 12.7. The zero-order chi connectivity index (χ0) is 20.5. The van der Waals surface area contributed by atoms with Crippen molar-refractivity contribution in [3.05, 3.63) is 109 Å². The van der Waals surface area contributed by atoms with Crippen LogP contribution in [0.4, 0.5) is 0 Å². The zero-order valence-electron chi connectivity index (χ0n) is 15.3. The minimum absolute atomic E-state index is 0.833. The number of hydrogen-bond acceptors (Lipinski definition) is 2. The van der Waals surface area contributed by atoms with Gasteiger partial charge in [0, 0.05) is 12.2 Å². The van der Waals surface area contributed by atoms with E-state index in [0.717, 1.165) is 23.3 Å². The molecule has 0 saturated heterocycles. The third-order valence-electron chi connectivity index (χ3n) is 2.89. The van der Waals surface area contributed by atoms with Crippen molar-refractivity contribution in [1.29, 1.82) is 0 Å². The number of carboxylic acids is 2. The summed E-state index contributed by atoms with van der Waals surface area (Å²) in [6.07, 6.45) is 7.31. The van der Waals surface area contributed by atoms with Crippen molar-refractivity contribution in [1.82, 2.24) is 0 Å². The summed E-state index contributed by atoms with van der Waals surface area (Å²) in [7, 11) is 0. The average Bonchev–Trinajstić information content (AvgIpc) is 2.68. The van der Waals surface area contributed by atoms with Gasteiger partial charge in [-0.25, -0.2) is 9.59 Å². The molecule has 4 heteroatoms. The van der Waals surface area contributed by atoms with Crippen LogP contribution >= 0.6 is 0 Å². The van der Waals surface area contributed by atoms with Crippen LogP contribution in [-0.2, 0) is 9.59 Å². The molecule has 0 unspecified atom stereocenters. The van der Waals surface area contributed by atoms with Crippen LogP contribution in [0.2, 0.25) is 0 Å². The van der Waals surface area contributed by atoms with Crippen LogP contribution in [0.1, 0.15) is 18.1 Å². The second-order valence-electron chi connectivity index (χ2n) is 5.13. The first-order chi connectivity index (χ1) is 12.9. The van der Waals surface area contributed by atoms with Gasteiger partial charge in [-0.05, 0) is 18.1 Å². The molecule has 2 aromatic rings. The molecule has 2 rings (SSSR count). The lowest BCUT2D eigenvalue weighted by molar-refractivity contribution is -0.132. The number of carboxylic acid groups (broad SMARTS) is 2. The Hall–Kier alpha value is -3.66. The first-order valence-electron chi connectivity index (χ1n) is 8.06. The van der Waals surface area contributed by atoms with E-state index < -0.39 is 11.9 Å². The van der Waals surface area contributed by atoms with Gasteiger partial charge < -0.3 is 10.2 Å². The minimum atomic E-state index is -0.981. The Morgan fingerprint density at radius 1 is 0.778 bits per heavy atom. The molecular formula is C23H24O4. The van der Waals surface area contributed by atoms with Crippen molar-refractivity contribution in [2.75, 3.05) is 0 Å². The Bertz CT molecular complexity index is 773. The lowest BCUT2D eigenvalue weighted by Gasteiger charge is -1.93. The predicted octanol–water partition coefficient (Wildman–Crippen LogP) is 5.32. The first-order valence-corrected chi connectivity index (χ1v) is 8.06. The van der Waals surface area contributed by atoms with E-state index in [0.29, 0.717) is 0 Å². The van der Waals surface area contributed by atoms with Gasteiger partial charge in [-0.2, -0.15) is 0 Å². The molecule has 2 aromatic carbocycles. The van der Waals surface area contributed by atoms with Gasteiger partial charge >= 0.3 is 11.9 Å². The van der Waals surface area contributed by atoms with Gasteiger partial charge in [0.25, 0.3) is 0 Å². The maximum absolute atomic E-state index is 10.2. The van der Waals surface area contributed by atoms with E-state index in [1.807, 2.05) is 79.7 Å². The lowest BCUT2D eigenvalue weighted by atomic mass is 10.1. The standard InChI is InChI=1S/C12H12O2.C8H8.C3H4O2/c1-10(7-8-12(13)14)9-11-5-3-2-4-6-11;1-2-8-6-4-3-5-7-8;1-2-3(4)5/h2-9H,1H3,(H,13,14);2-7H,1H2;2H,1H2,(H,4,5). The molecular weight excluding hydrogens is 340 g/mol. The van der Waals surface area contributed by atoms with E-state index in [2.05, 4.69) is 13.2 Å². The van der Waals surface area contributed by atoms with Crippen molar-refractivity contribution >= 4 is 24.1 Å². The van der Waals surface area contributed by atoms with Gasteiger partial charge in [0.15, 0.2) is 0 Å². The molecule has 0 radical (unpaired) electrons. The van der Waals surface area contributed by atoms with E-state index in [9.17, 15) is 9.59 Å². The molecule has 0 aliphatic heterocycles. The zero-order valence-corrected chi connectivity index (χ0v) is 15.3. The number of hydrogen-bond donors (Lipinski definition) is 2. The Morgan fingerprint density at radius 2 is 1.22 bits per heavy atom. The predicted molar refractivity (Wildman–Crippen MR) is 111 cm³/mol. The highest BCUT2D eigenvalue weighted by molar-refractivity contribution is 5.80. The molecule has 0 aliphatic rings. The monoisotopic (exact) mass is 364 g/mol. The van der Waals surface area contributed by atoms with E-state index in [-0.39, 0.29) is 0 Å². The van der Waals surface area contributed by atoms with Crippen molar-refractivity contribution in [3.63, 3.8) is 0 Å². The van der Waals surface area contributed by atoms with Crippen LogP contribution in [0.15, 0.2) is 97.6 Å². The molecule has 2 N–H and O–H groups in total. The summed E-state index contributed by atoms with van der Waals surface area (Å²) in [4.78, 5) is 19.5. The molecule has 0 atom stereocenters. The molecule has 0 fully saturated rings. The van der Waals surface area contributed by atoms with Crippen molar-refractivity contribution in [2.24, 2.45) is 0 Å². The summed E-state index contributed by atoms with van der Waals surface area (Å²) in [5, 5.41) is 16.0. The highest BCUT2D eigenvalue weighted by Gasteiger charge is 1.88. The van der Waals surface area contributed by atoms with Gasteiger partial charge in [0.05, 0.1) is 0 Å². The number of aliphatic carboxylic acids is 2. The fourth-order valence-electron chi connectivity index (χ4n) is 1.65. The van der Waals surface area contributed by atoms with Gasteiger partial charge in [0.2, 0.25) is 0 Å². The summed E-state index contributed by atoms with van der Waals surface area (Å²) in [5.74, 6) is -1.91. The summed E-state index contributed by atoms with van der Waals surface area (Å²) in [6, 6.07) is 19.8. The van der Waals surface area contributed by atoms with Gasteiger partial charge in [-0.3, -0.25) is 0 Å². The molecule has 4 nitrogen and oxygen atoms in total.